The van der Waals surface area contributed by atoms with Crippen molar-refractivity contribution in [3.63, 3.8) is 0 Å². The van der Waals surface area contributed by atoms with Crippen molar-refractivity contribution in [3.05, 3.63) is 54.1 Å². The van der Waals surface area contributed by atoms with Crippen LogP contribution in [0.3, 0.4) is 0 Å². The number of nitrogens with one attached hydrogen (secondary N) is 1. The number of hydrogen-bond acceptors (Lipinski definition) is 3. The lowest BCUT2D eigenvalue weighted by molar-refractivity contribution is 0.415. The number of phenols is 1. The van der Waals surface area contributed by atoms with E-state index >= 15 is 0 Å². The minimum Gasteiger partial charge on any atom is -0.508 e. The van der Waals surface area contributed by atoms with Crippen LogP contribution in [0.4, 0.5) is 5.69 Å². The van der Waals surface area contributed by atoms with E-state index in [-0.39, 0.29) is 5.75 Å². The molecule has 2 aromatic rings. The van der Waals surface area contributed by atoms with Gasteiger partial charge in [-0.05, 0) is 49.5 Å². The lowest BCUT2D eigenvalue weighted by Crippen LogP contribution is -2.39. The summed E-state index contributed by atoms with van der Waals surface area (Å²) in [6.07, 6.45) is 0. The quantitative estimate of drug-likeness (QED) is 0.829. The van der Waals surface area contributed by atoms with Gasteiger partial charge < -0.3 is 20.1 Å². The Kier molecular flexibility index (Phi) is 5.61. The molecule has 0 saturated heterocycles. The number of methoxy groups -OCH3 is 1. The molecule has 0 radical (unpaired) electrons. The summed E-state index contributed by atoms with van der Waals surface area (Å²) in [6, 6.07) is 14.9. The predicted molar refractivity (Wildman–Crippen MR) is 93.6 cm³/mol. The number of para-hydroxylation sites is 1. The Hall–Kier alpha value is -2.27. The first-order valence-corrected chi connectivity index (χ1v) is 7.52. The maximum absolute atomic E-state index is 9.99. The van der Waals surface area contributed by atoms with Crippen molar-refractivity contribution in [3.8, 4) is 11.5 Å². The zero-order chi connectivity index (χ0) is 15.9. The van der Waals surface area contributed by atoms with Gasteiger partial charge in [0.25, 0.3) is 0 Å². The van der Waals surface area contributed by atoms with Crippen molar-refractivity contribution >= 4 is 23.0 Å². The van der Waals surface area contributed by atoms with Crippen LogP contribution in [0, 0.1) is 0 Å². The summed E-state index contributed by atoms with van der Waals surface area (Å²) >= 11 is 5.46. The molecule has 5 heteroatoms. The Balaban J connectivity index is 2.29. The Morgan fingerprint density at radius 2 is 1.86 bits per heavy atom. The average molecular weight is 316 g/mol. The molecule has 2 N–H and O–H groups in total. The number of benzene rings is 2. The molecule has 0 aliphatic rings. The van der Waals surface area contributed by atoms with E-state index in [1.165, 1.54) is 0 Å². The summed E-state index contributed by atoms with van der Waals surface area (Å²) in [7, 11) is 1.64. The molecule has 0 aromatic heterocycles. The van der Waals surface area contributed by atoms with E-state index in [4.69, 9.17) is 17.0 Å². The highest BCUT2D eigenvalue weighted by Gasteiger charge is 2.14. The van der Waals surface area contributed by atoms with E-state index in [2.05, 4.69) is 5.32 Å². The zero-order valence-electron chi connectivity index (χ0n) is 12.7. The summed E-state index contributed by atoms with van der Waals surface area (Å²) in [5.74, 6) is 1.06. The van der Waals surface area contributed by atoms with Crippen LogP contribution in [0.1, 0.15) is 12.5 Å². The second-order valence-corrected chi connectivity index (χ2v) is 5.14. The second-order valence-electron chi connectivity index (χ2n) is 4.75. The fourth-order valence-corrected chi connectivity index (χ4v) is 2.42. The van der Waals surface area contributed by atoms with Gasteiger partial charge in [0, 0.05) is 17.8 Å². The van der Waals surface area contributed by atoms with E-state index in [0.717, 1.165) is 23.5 Å². The smallest absolute Gasteiger partial charge is 0.173 e. The highest BCUT2D eigenvalue weighted by Crippen LogP contribution is 2.24. The van der Waals surface area contributed by atoms with Crippen molar-refractivity contribution in [1.29, 1.82) is 0 Å². The number of phenolic OH excluding ortho intramolecular Hbond substituents is 1. The number of thiocarbonyl (C=S) groups is 1. The van der Waals surface area contributed by atoms with Crippen LogP contribution in [0.25, 0.3) is 0 Å². The van der Waals surface area contributed by atoms with Crippen LogP contribution in [0.15, 0.2) is 48.5 Å². The van der Waals surface area contributed by atoms with Gasteiger partial charge in [0.2, 0.25) is 0 Å². The largest absolute Gasteiger partial charge is 0.508 e. The van der Waals surface area contributed by atoms with Gasteiger partial charge in [0.05, 0.1) is 13.7 Å². The second kappa shape index (κ2) is 7.66. The molecule has 0 saturated carbocycles. The lowest BCUT2D eigenvalue weighted by atomic mass is 10.1. The third-order valence-electron chi connectivity index (χ3n) is 3.28. The summed E-state index contributed by atoms with van der Waals surface area (Å²) in [5, 5.41) is 13.8. The summed E-state index contributed by atoms with van der Waals surface area (Å²) in [5.41, 5.74) is 1.76. The number of aromatic hydroxyl groups is 1. The van der Waals surface area contributed by atoms with Crippen molar-refractivity contribution in [1.82, 2.24) is 5.32 Å². The molecule has 0 amide bonds. The maximum atomic E-state index is 9.99. The molecule has 0 unspecified atom stereocenters. The number of ether oxygens (including phenoxy) is 1. The zero-order valence-corrected chi connectivity index (χ0v) is 13.6. The van der Waals surface area contributed by atoms with Crippen molar-refractivity contribution in [2.75, 3.05) is 18.6 Å². The molecule has 2 rings (SSSR count). The Morgan fingerprint density at radius 1 is 1.18 bits per heavy atom. The topological polar surface area (TPSA) is 44.7 Å². The van der Waals surface area contributed by atoms with Crippen LogP contribution in [0.5, 0.6) is 11.5 Å². The highest BCUT2D eigenvalue weighted by atomic mass is 32.1. The van der Waals surface area contributed by atoms with Gasteiger partial charge in [-0.2, -0.15) is 0 Å². The number of nitrogens with zero attached hydrogens (tertiary/aromatic N) is 1. The molecular formula is C17H20N2O2S. The summed E-state index contributed by atoms with van der Waals surface area (Å²) in [4.78, 5) is 1.95. The molecule has 0 atom stereocenters. The molecule has 0 heterocycles. The van der Waals surface area contributed by atoms with Crippen molar-refractivity contribution in [2.45, 2.75) is 13.5 Å². The van der Waals surface area contributed by atoms with Crippen LogP contribution < -0.4 is 15.0 Å². The number of hydrogen-bond donors (Lipinski definition) is 2. The van der Waals surface area contributed by atoms with Gasteiger partial charge in [-0.1, -0.05) is 18.2 Å². The first-order valence-electron chi connectivity index (χ1n) is 7.12. The van der Waals surface area contributed by atoms with Gasteiger partial charge in [0.1, 0.15) is 11.5 Å². The van der Waals surface area contributed by atoms with Gasteiger partial charge in [-0.3, -0.25) is 0 Å². The molecule has 0 fully saturated rings. The number of anilines is 1. The van der Waals surface area contributed by atoms with Crippen LogP contribution in [0.2, 0.25) is 0 Å². The first-order chi connectivity index (χ1) is 10.7. The molecular weight excluding hydrogens is 296 g/mol. The van der Waals surface area contributed by atoms with Crippen LogP contribution >= 0.6 is 12.2 Å². The highest BCUT2D eigenvalue weighted by molar-refractivity contribution is 7.80. The van der Waals surface area contributed by atoms with Crippen molar-refractivity contribution in [2.24, 2.45) is 0 Å². The van der Waals surface area contributed by atoms with Crippen LogP contribution in [-0.2, 0) is 6.54 Å². The molecule has 116 valence electrons. The van der Waals surface area contributed by atoms with Gasteiger partial charge in [-0.15, -0.1) is 0 Å². The Morgan fingerprint density at radius 3 is 2.45 bits per heavy atom. The molecule has 2 aromatic carbocycles. The molecule has 0 aliphatic carbocycles. The minimum atomic E-state index is 0.264. The van der Waals surface area contributed by atoms with E-state index < -0.39 is 0 Å². The molecule has 22 heavy (non-hydrogen) atoms. The maximum Gasteiger partial charge on any atom is 0.173 e. The molecule has 0 aliphatic heterocycles. The monoisotopic (exact) mass is 316 g/mol. The van der Waals surface area contributed by atoms with Gasteiger partial charge >= 0.3 is 0 Å². The third kappa shape index (κ3) is 3.89. The standard InChI is InChI=1S/C17H20N2O2S/c1-3-18-17(22)19(12-13-6-4-5-7-16(13)20)14-8-10-15(21-2)11-9-14/h4-11,20H,3,12H2,1-2H3,(H,18,22). The Bertz CT molecular complexity index is 629. The minimum absolute atomic E-state index is 0.264. The van der Waals surface area contributed by atoms with E-state index in [1.54, 1.807) is 19.2 Å². The van der Waals surface area contributed by atoms with E-state index in [9.17, 15) is 5.11 Å². The molecule has 4 nitrogen and oxygen atoms in total. The van der Waals surface area contributed by atoms with Gasteiger partial charge in [-0.25, -0.2) is 0 Å². The SMILES string of the molecule is CCNC(=S)N(Cc1ccccc1O)c1ccc(OC)cc1. The first kappa shape index (κ1) is 16.1. The van der Waals surface area contributed by atoms with Gasteiger partial charge in [0.15, 0.2) is 5.11 Å². The fraction of sp³-hybridized carbons (Fsp3) is 0.235. The normalized spacial score (nSPS) is 10.1. The number of rotatable bonds is 5. The third-order valence-corrected chi connectivity index (χ3v) is 3.64. The van der Waals surface area contributed by atoms with Crippen molar-refractivity contribution < 1.29 is 9.84 Å². The van der Waals surface area contributed by atoms with E-state index in [0.29, 0.717) is 11.7 Å². The van der Waals surface area contributed by atoms with Crippen LogP contribution in [-0.4, -0.2) is 23.9 Å². The van der Waals surface area contributed by atoms with E-state index in [1.807, 2.05) is 48.2 Å². The summed E-state index contributed by atoms with van der Waals surface area (Å²) < 4.78 is 5.19. The molecule has 0 bridgehead atoms. The summed E-state index contributed by atoms with van der Waals surface area (Å²) in [6.45, 7) is 3.23. The predicted octanol–water partition coefficient (Wildman–Crippen LogP) is 3.30. The molecule has 0 spiro atoms. The fourth-order valence-electron chi connectivity index (χ4n) is 2.10. The Labute approximate surface area is 136 Å². The lowest BCUT2D eigenvalue weighted by Gasteiger charge is -2.26. The average Bonchev–Trinajstić information content (AvgIpc) is 2.54.